The lowest BCUT2D eigenvalue weighted by molar-refractivity contribution is -0.113. The number of Topliss-reactive ketones (excluding diaryl/α,β-unsaturated/α-hetero) is 1. The molecule has 1 aliphatic rings. The molecule has 1 heterocycles. The Morgan fingerprint density at radius 3 is 2.46 bits per heavy atom. The van der Waals surface area contributed by atoms with Crippen molar-refractivity contribution in [2.24, 2.45) is 0 Å². The molecule has 3 aromatic rings. The van der Waals surface area contributed by atoms with Crippen LogP contribution >= 0.6 is 0 Å². The van der Waals surface area contributed by atoms with E-state index in [4.69, 9.17) is 11.1 Å². The van der Waals surface area contributed by atoms with E-state index in [2.05, 4.69) is 16.0 Å². The zero-order chi connectivity index (χ0) is 25.1. The Morgan fingerprint density at radius 1 is 1.03 bits per heavy atom. The number of hydrogen-bond acceptors (Lipinski definition) is 5. The first-order chi connectivity index (χ1) is 16.8. The van der Waals surface area contributed by atoms with Crippen LogP contribution in [0.3, 0.4) is 0 Å². The van der Waals surface area contributed by atoms with Gasteiger partial charge in [0.2, 0.25) is 0 Å². The van der Waals surface area contributed by atoms with Crippen molar-refractivity contribution in [3.63, 3.8) is 0 Å². The van der Waals surface area contributed by atoms with E-state index in [1.165, 1.54) is 6.92 Å². The van der Waals surface area contributed by atoms with Gasteiger partial charge in [0.15, 0.2) is 5.78 Å². The molecule has 6 N–H and O–H groups in total. The molecule has 4 rings (SSSR count). The molecule has 8 nitrogen and oxygen atoms in total. The highest BCUT2D eigenvalue weighted by Crippen LogP contribution is 2.30. The molecule has 0 saturated carbocycles. The van der Waals surface area contributed by atoms with Crippen molar-refractivity contribution in [3.8, 4) is 11.1 Å². The summed E-state index contributed by atoms with van der Waals surface area (Å²) in [6.07, 6.45) is 1.12. The summed E-state index contributed by atoms with van der Waals surface area (Å²) >= 11 is 0. The molecule has 0 radical (unpaired) electrons. The number of hydrogen-bond donors (Lipinski definition) is 5. The Bertz CT molecular complexity index is 1380. The second-order valence-corrected chi connectivity index (χ2v) is 8.27. The highest BCUT2D eigenvalue weighted by atomic mass is 16.2. The summed E-state index contributed by atoms with van der Waals surface area (Å²) in [7, 11) is 0. The number of benzene rings is 3. The number of urea groups is 1. The minimum Gasteiger partial charge on any atom is -0.398 e. The molecular weight excluding hydrogens is 442 g/mol. The minimum absolute atomic E-state index is 0.00834. The summed E-state index contributed by atoms with van der Waals surface area (Å²) in [5, 5.41) is 15.8. The molecule has 3 aromatic carbocycles. The smallest absolute Gasteiger partial charge is 0.319 e. The van der Waals surface area contributed by atoms with E-state index < -0.39 is 12.1 Å². The van der Waals surface area contributed by atoms with Gasteiger partial charge in [-0.05, 0) is 54.8 Å². The van der Waals surface area contributed by atoms with Gasteiger partial charge in [-0.25, -0.2) is 4.79 Å². The fourth-order valence-electron chi connectivity index (χ4n) is 4.01. The molecule has 1 atom stereocenters. The first-order valence-corrected chi connectivity index (χ1v) is 11.0. The highest BCUT2D eigenvalue weighted by molar-refractivity contribution is 6.07. The van der Waals surface area contributed by atoms with Crippen molar-refractivity contribution in [1.29, 1.82) is 5.41 Å². The van der Waals surface area contributed by atoms with Crippen LogP contribution in [0, 0.1) is 5.41 Å². The van der Waals surface area contributed by atoms with E-state index in [9.17, 15) is 14.4 Å². The number of carbonyl (C=O) groups excluding carboxylic acids is 3. The van der Waals surface area contributed by atoms with Crippen LogP contribution in [0.2, 0.25) is 0 Å². The van der Waals surface area contributed by atoms with E-state index in [1.807, 2.05) is 42.5 Å². The quantitative estimate of drug-likeness (QED) is 0.208. The van der Waals surface area contributed by atoms with Gasteiger partial charge >= 0.3 is 6.03 Å². The van der Waals surface area contributed by atoms with E-state index in [0.29, 0.717) is 33.8 Å². The van der Waals surface area contributed by atoms with E-state index in [-0.39, 0.29) is 11.7 Å². The lowest BCUT2D eigenvalue weighted by atomic mass is 9.93. The number of nitrogen functional groups attached to an aromatic ring is 1. The molecule has 0 fully saturated rings. The Labute approximate surface area is 202 Å². The van der Waals surface area contributed by atoms with Gasteiger partial charge in [0.05, 0.1) is 11.6 Å². The summed E-state index contributed by atoms with van der Waals surface area (Å²) < 4.78 is 0. The number of nitrogens with two attached hydrogens (primary N) is 1. The zero-order valence-corrected chi connectivity index (χ0v) is 19.3. The Kier molecular flexibility index (Phi) is 6.46. The number of amides is 3. The third kappa shape index (κ3) is 4.96. The van der Waals surface area contributed by atoms with Crippen molar-refractivity contribution in [2.45, 2.75) is 19.9 Å². The largest absolute Gasteiger partial charge is 0.398 e. The molecule has 35 heavy (non-hydrogen) atoms. The molecule has 176 valence electrons. The Balaban J connectivity index is 1.63. The lowest BCUT2D eigenvalue weighted by Crippen LogP contribution is -2.45. The van der Waals surface area contributed by atoms with Crippen molar-refractivity contribution >= 4 is 35.3 Å². The third-order valence-corrected chi connectivity index (χ3v) is 5.86. The van der Waals surface area contributed by atoms with Crippen LogP contribution in [0.1, 0.15) is 41.4 Å². The number of anilines is 2. The molecule has 3 amide bonds. The van der Waals surface area contributed by atoms with Crippen LogP contribution in [0.15, 0.2) is 78.0 Å². The second kappa shape index (κ2) is 9.64. The summed E-state index contributed by atoms with van der Waals surface area (Å²) in [6, 6.07) is 18.7. The topological polar surface area (TPSA) is 137 Å². The van der Waals surface area contributed by atoms with Crippen LogP contribution in [0.25, 0.3) is 11.1 Å². The first-order valence-electron chi connectivity index (χ1n) is 11.0. The summed E-state index contributed by atoms with van der Waals surface area (Å²) in [4.78, 5) is 37.2. The van der Waals surface area contributed by atoms with Crippen molar-refractivity contribution in [2.75, 3.05) is 11.1 Å². The molecule has 0 aromatic heterocycles. The maximum Gasteiger partial charge on any atom is 0.319 e. The molecule has 1 aliphatic heterocycles. The minimum atomic E-state index is -0.669. The predicted molar refractivity (Wildman–Crippen MR) is 136 cm³/mol. The van der Waals surface area contributed by atoms with Gasteiger partial charge in [-0.1, -0.05) is 42.5 Å². The van der Waals surface area contributed by atoms with Crippen LogP contribution in [-0.4, -0.2) is 23.9 Å². The fraction of sp³-hybridized carbons (Fsp3) is 0.111. The molecule has 0 bridgehead atoms. The predicted octanol–water partition coefficient (Wildman–Crippen LogP) is 4.40. The van der Waals surface area contributed by atoms with E-state index in [0.717, 1.165) is 22.9 Å². The van der Waals surface area contributed by atoms with Crippen molar-refractivity contribution in [1.82, 2.24) is 10.6 Å². The van der Waals surface area contributed by atoms with Gasteiger partial charge in [-0.15, -0.1) is 0 Å². The van der Waals surface area contributed by atoms with Crippen LogP contribution in [-0.2, 0) is 4.79 Å². The average Bonchev–Trinajstić information content (AvgIpc) is 2.84. The highest BCUT2D eigenvalue weighted by Gasteiger charge is 2.31. The Hall–Kier alpha value is -4.72. The zero-order valence-electron chi connectivity index (χ0n) is 19.3. The molecular formula is C27H25N5O3. The van der Waals surface area contributed by atoms with Gasteiger partial charge in [0, 0.05) is 34.4 Å². The van der Waals surface area contributed by atoms with Crippen LogP contribution < -0.4 is 21.7 Å². The summed E-state index contributed by atoms with van der Waals surface area (Å²) in [6.45, 7) is 3.20. The summed E-state index contributed by atoms with van der Waals surface area (Å²) in [5.74, 6) is -0.398. The first kappa shape index (κ1) is 23.4. The molecule has 1 unspecified atom stereocenters. The number of allylic oxidation sites excluding steroid dienone is 1. The molecule has 0 saturated heterocycles. The maximum atomic E-state index is 13.3. The maximum absolute atomic E-state index is 13.3. The fourth-order valence-corrected chi connectivity index (χ4v) is 4.01. The van der Waals surface area contributed by atoms with Gasteiger partial charge < -0.3 is 27.1 Å². The standard InChI is InChI=1S/C27H25N5O3/c1-15-24(26(34)31-22-10-11-23(29)21(13-22)14-28)25(32-27(35)30-15)18-8-6-17(7-9-18)20-5-3-4-19(12-20)16(2)33/h3-14,25,28H,29H2,1-2H3,(H,31,34)(H2,30,32,35). The Morgan fingerprint density at radius 2 is 1.77 bits per heavy atom. The van der Waals surface area contributed by atoms with Crippen LogP contribution in [0.5, 0.6) is 0 Å². The molecule has 0 aliphatic carbocycles. The monoisotopic (exact) mass is 467 g/mol. The second-order valence-electron chi connectivity index (χ2n) is 8.27. The summed E-state index contributed by atoms with van der Waals surface area (Å²) in [5.41, 5.74) is 11.2. The number of rotatable bonds is 6. The van der Waals surface area contributed by atoms with Crippen LogP contribution in [0.4, 0.5) is 16.2 Å². The van der Waals surface area contributed by atoms with Gasteiger partial charge in [0.1, 0.15) is 0 Å². The third-order valence-electron chi connectivity index (χ3n) is 5.86. The van der Waals surface area contributed by atoms with E-state index >= 15 is 0 Å². The SMILES string of the molecule is CC(=O)c1cccc(-c2ccc(C3NC(=O)NC(C)=C3C(=O)Nc3ccc(N)c(C=N)c3)cc2)c1. The van der Waals surface area contributed by atoms with E-state index in [1.54, 1.807) is 31.2 Å². The molecule has 0 spiro atoms. The molecule has 8 heteroatoms. The van der Waals surface area contributed by atoms with Gasteiger partial charge in [0.25, 0.3) is 5.91 Å². The number of ketones is 1. The lowest BCUT2D eigenvalue weighted by Gasteiger charge is -2.29. The van der Waals surface area contributed by atoms with Crippen molar-refractivity contribution in [3.05, 3.63) is 94.7 Å². The normalized spacial score (nSPS) is 15.1. The van der Waals surface area contributed by atoms with Gasteiger partial charge in [-0.3, -0.25) is 9.59 Å². The number of carbonyl (C=O) groups is 3. The van der Waals surface area contributed by atoms with Crippen molar-refractivity contribution < 1.29 is 14.4 Å². The van der Waals surface area contributed by atoms with Gasteiger partial charge in [-0.2, -0.15) is 0 Å². The number of nitrogens with one attached hydrogen (secondary N) is 4. The average molecular weight is 468 g/mol.